The number of hydrogen-bond acceptors (Lipinski definition) is 6. The molecule has 0 aliphatic carbocycles. The molecule has 0 radical (unpaired) electrons. The number of nitrogens with zero attached hydrogens (tertiary/aromatic N) is 4. The number of anilines is 2. The van der Waals surface area contributed by atoms with Gasteiger partial charge >= 0.3 is 0 Å². The topological polar surface area (TPSA) is 107 Å². The lowest BCUT2D eigenvalue weighted by molar-refractivity contribution is 0.100. The lowest BCUT2D eigenvalue weighted by atomic mass is 10.0. The van der Waals surface area contributed by atoms with Crippen LogP contribution in [0.1, 0.15) is 10.4 Å². The van der Waals surface area contributed by atoms with E-state index in [9.17, 15) is 4.79 Å². The maximum absolute atomic E-state index is 11.8. The van der Waals surface area contributed by atoms with Crippen LogP contribution in [0, 0.1) is 0 Å². The van der Waals surface area contributed by atoms with Crippen molar-refractivity contribution in [3.63, 3.8) is 0 Å². The molecule has 3 aromatic heterocycles. The number of carbonyl (C=O) groups is 1. The molecule has 5 rings (SSSR count). The summed E-state index contributed by atoms with van der Waals surface area (Å²) in [4.78, 5) is 29.3. The second-order valence-corrected chi connectivity index (χ2v) is 8.12. The van der Waals surface area contributed by atoms with Crippen molar-refractivity contribution in [3.05, 3.63) is 108 Å². The van der Waals surface area contributed by atoms with Crippen molar-refractivity contribution in [1.29, 1.82) is 0 Å². The highest BCUT2D eigenvalue weighted by Crippen LogP contribution is 2.31. The fourth-order valence-corrected chi connectivity index (χ4v) is 3.94. The molecule has 2 aromatic carbocycles. The molecule has 0 saturated carbocycles. The molecule has 35 heavy (non-hydrogen) atoms. The van der Waals surface area contributed by atoms with Gasteiger partial charge in [0.25, 0.3) is 0 Å². The van der Waals surface area contributed by atoms with Crippen molar-refractivity contribution < 1.29 is 4.79 Å². The number of aromatic nitrogens is 4. The summed E-state index contributed by atoms with van der Waals surface area (Å²) in [6, 6.07) is 20.8. The zero-order valence-corrected chi connectivity index (χ0v) is 19.1. The second-order valence-electron chi connectivity index (χ2n) is 7.71. The monoisotopic (exact) mass is 478 g/mol. The van der Waals surface area contributed by atoms with Crippen LogP contribution in [0.4, 0.5) is 11.6 Å². The summed E-state index contributed by atoms with van der Waals surface area (Å²) >= 11 is 6.46. The summed E-state index contributed by atoms with van der Waals surface area (Å²) in [5.74, 6) is -0.142. The van der Waals surface area contributed by atoms with E-state index in [0.717, 1.165) is 22.3 Å². The summed E-state index contributed by atoms with van der Waals surface area (Å²) in [7, 11) is 0. The number of hydrogen-bond donors (Lipinski definition) is 2. The van der Waals surface area contributed by atoms with Crippen molar-refractivity contribution >= 4 is 29.1 Å². The lowest BCUT2D eigenvalue weighted by Gasteiger charge is -2.11. The van der Waals surface area contributed by atoms with E-state index in [-0.39, 0.29) is 0 Å². The van der Waals surface area contributed by atoms with E-state index in [1.54, 1.807) is 36.9 Å². The number of amides is 1. The Bertz CT molecular complexity index is 1520. The minimum atomic E-state index is -0.502. The first-order valence-electron chi connectivity index (χ1n) is 10.7. The first-order valence-corrected chi connectivity index (χ1v) is 11.1. The van der Waals surface area contributed by atoms with Crippen LogP contribution in [0.25, 0.3) is 33.5 Å². The predicted octanol–water partition coefficient (Wildman–Crippen LogP) is 5.76. The number of halogens is 1. The maximum Gasteiger partial charge on any atom is 0.249 e. The van der Waals surface area contributed by atoms with Gasteiger partial charge < -0.3 is 11.1 Å². The van der Waals surface area contributed by atoms with Gasteiger partial charge in [-0.15, -0.1) is 0 Å². The number of nitrogens with two attached hydrogens (primary N) is 1. The number of benzene rings is 2. The van der Waals surface area contributed by atoms with E-state index in [1.807, 2.05) is 60.8 Å². The fraction of sp³-hybridized carbons (Fsp3) is 0. The van der Waals surface area contributed by atoms with Crippen molar-refractivity contribution in [2.24, 2.45) is 5.73 Å². The van der Waals surface area contributed by atoms with Gasteiger partial charge in [0.1, 0.15) is 0 Å². The van der Waals surface area contributed by atoms with Gasteiger partial charge in [-0.1, -0.05) is 54.1 Å². The van der Waals surface area contributed by atoms with Crippen molar-refractivity contribution in [2.45, 2.75) is 0 Å². The Hall–Kier alpha value is -4.62. The summed E-state index contributed by atoms with van der Waals surface area (Å²) in [5, 5.41) is 3.61. The molecule has 7 nitrogen and oxygen atoms in total. The van der Waals surface area contributed by atoms with Crippen LogP contribution in [0.3, 0.4) is 0 Å². The van der Waals surface area contributed by atoms with E-state index >= 15 is 0 Å². The van der Waals surface area contributed by atoms with Gasteiger partial charge in [-0.05, 0) is 35.4 Å². The van der Waals surface area contributed by atoms with Crippen LogP contribution in [-0.2, 0) is 0 Å². The summed E-state index contributed by atoms with van der Waals surface area (Å²) in [6.07, 6.45) is 8.43. The second kappa shape index (κ2) is 9.70. The molecule has 3 N–H and O–H groups in total. The Morgan fingerprint density at radius 1 is 0.800 bits per heavy atom. The molecular weight excluding hydrogens is 460 g/mol. The number of nitrogens with one attached hydrogen (secondary N) is 1. The van der Waals surface area contributed by atoms with Gasteiger partial charge in [0, 0.05) is 40.8 Å². The number of primary amides is 1. The average molecular weight is 479 g/mol. The molecule has 3 heterocycles. The van der Waals surface area contributed by atoms with Gasteiger partial charge in [-0.25, -0.2) is 9.97 Å². The Balaban J connectivity index is 1.46. The summed E-state index contributed by atoms with van der Waals surface area (Å²) in [6.45, 7) is 0. The Kier molecular flexibility index (Phi) is 6.15. The molecule has 0 aliphatic heterocycles. The fourth-order valence-electron chi connectivity index (χ4n) is 3.74. The van der Waals surface area contributed by atoms with Crippen molar-refractivity contribution in [2.75, 3.05) is 5.32 Å². The van der Waals surface area contributed by atoms with Crippen LogP contribution in [-0.4, -0.2) is 25.8 Å². The molecule has 0 bridgehead atoms. The minimum absolute atomic E-state index is 0.360. The van der Waals surface area contributed by atoms with E-state index in [0.29, 0.717) is 33.5 Å². The molecule has 0 unspecified atom stereocenters. The van der Waals surface area contributed by atoms with Crippen LogP contribution < -0.4 is 11.1 Å². The molecule has 170 valence electrons. The molecule has 0 fully saturated rings. The maximum atomic E-state index is 11.8. The summed E-state index contributed by atoms with van der Waals surface area (Å²) in [5.41, 5.74) is 11.5. The van der Waals surface area contributed by atoms with E-state index in [1.165, 1.54) is 0 Å². The SMILES string of the molecule is NC(=O)c1ccccc1-c1cncc(Nc2ncc(Cl)c(-c3cccc(-c4cccnc4)c3)n2)c1. The lowest BCUT2D eigenvalue weighted by Crippen LogP contribution is -2.12. The Morgan fingerprint density at radius 3 is 2.43 bits per heavy atom. The largest absolute Gasteiger partial charge is 0.366 e. The third-order valence-corrected chi connectivity index (χ3v) is 5.65. The van der Waals surface area contributed by atoms with Gasteiger partial charge in [0.15, 0.2) is 0 Å². The Morgan fingerprint density at radius 2 is 1.60 bits per heavy atom. The zero-order chi connectivity index (χ0) is 24.2. The molecular formula is C27H19ClN6O. The highest BCUT2D eigenvalue weighted by molar-refractivity contribution is 6.32. The van der Waals surface area contributed by atoms with Crippen LogP contribution >= 0.6 is 11.6 Å². The van der Waals surface area contributed by atoms with Crippen molar-refractivity contribution in [3.8, 4) is 33.5 Å². The normalized spacial score (nSPS) is 10.7. The molecule has 0 aliphatic rings. The quantitative estimate of drug-likeness (QED) is 0.321. The first-order chi connectivity index (χ1) is 17.1. The molecule has 5 aromatic rings. The number of carbonyl (C=O) groups excluding carboxylic acids is 1. The van der Waals surface area contributed by atoms with Gasteiger partial charge in [0.2, 0.25) is 11.9 Å². The molecule has 0 saturated heterocycles. The molecule has 0 atom stereocenters. The predicted molar refractivity (Wildman–Crippen MR) is 137 cm³/mol. The van der Waals surface area contributed by atoms with Crippen LogP contribution in [0.15, 0.2) is 97.7 Å². The van der Waals surface area contributed by atoms with Crippen molar-refractivity contribution in [1.82, 2.24) is 19.9 Å². The number of rotatable bonds is 6. The average Bonchev–Trinajstić information content (AvgIpc) is 2.90. The third kappa shape index (κ3) is 4.85. The smallest absolute Gasteiger partial charge is 0.249 e. The van der Waals surface area contributed by atoms with E-state index in [4.69, 9.17) is 17.3 Å². The van der Waals surface area contributed by atoms with Crippen LogP contribution in [0.5, 0.6) is 0 Å². The number of pyridine rings is 2. The highest BCUT2D eigenvalue weighted by atomic mass is 35.5. The van der Waals surface area contributed by atoms with Gasteiger partial charge in [0.05, 0.1) is 28.8 Å². The summed E-state index contributed by atoms with van der Waals surface area (Å²) < 4.78 is 0. The van der Waals surface area contributed by atoms with Gasteiger partial charge in [-0.2, -0.15) is 0 Å². The minimum Gasteiger partial charge on any atom is -0.366 e. The molecule has 0 spiro atoms. The third-order valence-electron chi connectivity index (χ3n) is 5.37. The standard InChI is InChI=1S/C27H19ClN6O/c28-24-16-32-27(34-25(24)18-6-3-5-17(11-18)19-7-4-10-30-13-19)33-21-12-20(14-31-15-21)22-8-1-2-9-23(22)26(29)35/h1-16H,(H2,29,35)(H,32,33,34). The first kappa shape index (κ1) is 22.2. The Labute approximate surface area is 206 Å². The highest BCUT2D eigenvalue weighted by Gasteiger charge is 2.12. The van der Waals surface area contributed by atoms with E-state index in [2.05, 4.69) is 25.3 Å². The molecule has 8 heteroatoms. The van der Waals surface area contributed by atoms with Crippen LogP contribution in [0.2, 0.25) is 5.02 Å². The zero-order valence-electron chi connectivity index (χ0n) is 18.4. The van der Waals surface area contributed by atoms with Gasteiger partial charge in [-0.3, -0.25) is 14.8 Å². The molecule has 1 amide bonds. The van der Waals surface area contributed by atoms with E-state index < -0.39 is 5.91 Å².